The van der Waals surface area contributed by atoms with E-state index in [4.69, 9.17) is 11.2 Å². The molecule has 0 saturated carbocycles. The Labute approximate surface area is 240 Å². The van der Waals surface area contributed by atoms with E-state index in [-0.39, 0.29) is 30.6 Å². The van der Waals surface area contributed by atoms with Crippen LogP contribution in [0.25, 0.3) is 33.9 Å². The molecule has 0 saturated heterocycles. The number of rotatable bonds is 5. The van der Waals surface area contributed by atoms with Gasteiger partial charge >= 0.3 is 12.2 Å². The second-order valence-electron chi connectivity index (χ2n) is 8.79. The zero-order valence-corrected chi connectivity index (χ0v) is 22.4. The summed E-state index contributed by atoms with van der Waals surface area (Å²) < 4.78 is 47.6. The molecule has 206 valence electrons. The molecule has 0 unspecified atom stereocenters. The lowest BCUT2D eigenvalue weighted by Gasteiger charge is -2.17. The number of aryl methyl sites for hydroxylation is 1. The summed E-state index contributed by atoms with van der Waals surface area (Å²) in [6.07, 6.45) is 0.787. The minimum absolute atomic E-state index is 0. The highest BCUT2D eigenvalue weighted by molar-refractivity contribution is 5.85. The van der Waals surface area contributed by atoms with Crippen LogP contribution in [0.2, 0.25) is 0 Å². The first-order valence-electron chi connectivity index (χ1n) is 12.1. The summed E-state index contributed by atoms with van der Waals surface area (Å²) in [5, 5.41) is 10.2. The fraction of sp³-hybridized carbons (Fsp3) is 0.0968. The molecule has 2 aromatic heterocycles. The Morgan fingerprint density at radius 1 is 0.805 bits per heavy atom. The Morgan fingerprint density at radius 3 is 2.07 bits per heavy atom. The van der Waals surface area contributed by atoms with E-state index in [9.17, 15) is 18.3 Å². The van der Waals surface area contributed by atoms with Crippen molar-refractivity contribution >= 4 is 12.4 Å². The molecule has 4 aromatic rings. The van der Waals surface area contributed by atoms with E-state index >= 15 is 0 Å². The molecule has 2 aliphatic carbocycles. The summed E-state index contributed by atoms with van der Waals surface area (Å²) in [6, 6.07) is 23.1. The molecule has 6 rings (SSSR count). The van der Waals surface area contributed by atoms with Crippen LogP contribution in [-0.2, 0) is 12.8 Å². The molecule has 2 aromatic carbocycles. The lowest BCUT2D eigenvalue weighted by molar-refractivity contribution is -0.137. The van der Waals surface area contributed by atoms with Gasteiger partial charge in [0.15, 0.2) is 11.6 Å². The predicted octanol–water partition coefficient (Wildman–Crippen LogP) is 7.28. The van der Waals surface area contributed by atoms with Gasteiger partial charge in [0.05, 0.1) is 16.8 Å². The quantitative estimate of drug-likeness (QED) is 0.218. The van der Waals surface area contributed by atoms with Gasteiger partial charge in [-0.1, -0.05) is 54.5 Å². The first-order valence-corrected chi connectivity index (χ1v) is 12.1. The van der Waals surface area contributed by atoms with Gasteiger partial charge in [-0.05, 0) is 54.4 Å². The number of halogens is 4. The summed E-state index contributed by atoms with van der Waals surface area (Å²) in [4.78, 5) is 16.2. The summed E-state index contributed by atoms with van der Waals surface area (Å²) >= 11 is 0. The number of aromatic nitrogens is 4. The van der Waals surface area contributed by atoms with Crippen molar-refractivity contribution in [3.8, 4) is 58.0 Å². The Bertz CT molecular complexity index is 1710. The third-order valence-corrected chi connectivity index (χ3v) is 6.04. The largest absolute Gasteiger partial charge is 0.487 e. The van der Waals surface area contributed by atoms with Crippen LogP contribution in [0.15, 0.2) is 84.9 Å². The third kappa shape index (κ3) is 6.45. The van der Waals surface area contributed by atoms with Gasteiger partial charge in [-0.15, -0.1) is 18.8 Å². The lowest BCUT2D eigenvalue weighted by Crippen LogP contribution is -2.11. The molecular weight excluding hydrogens is 553 g/mol. The molecule has 41 heavy (non-hydrogen) atoms. The Morgan fingerprint density at radius 2 is 1.46 bits per heavy atom. The molecule has 2 heterocycles. The predicted molar refractivity (Wildman–Crippen MR) is 151 cm³/mol. The zero-order chi connectivity index (χ0) is 28.3. The second-order valence-corrected chi connectivity index (χ2v) is 8.79. The molecular formula is C31H22ClF3N4O2. The van der Waals surface area contributed by atoms with Crippen molar-refractivity contribution in [3.05, 3.63) is 107 Å². The highest BCUT2D eigenvalue weighted by atomic mass is 35.5. The lowest BCUT2D eigenvalue weighted by atomic mass is 9.95. The van der Waals surface area contributed by atoms with Gasteiger partial charge < -0.3 is 9.84 Å². The molecule has 0 fully saturated rings. The normalized spacial score (nSPS) is 10.9. The zero-order valence-electron chi connectivity index (χ0n) is 21.6. The van der Waals surface area contributed by atoms with Crippen LogP contribution in [0.3, 0.4) is 0 Å². The second kappa shape index (κ2) is 12.1. The van der Waals surface area contributed by atoms with E-state index in [0.29, 0.717) is 16.8 Å². The SMILES string of the molecule is C#Cc1ccccc1-c1nc(O)nc(-c2c(OCc3cccc(C)n3)cccc2C(F)(F)F)n1.Cl.c1cc2ccc1-2. The van der Waals surface area contributed by atoms with E-state index in [0.717, 1.165) is 11.8 Å². The van der Waals surface area contributed by atoms with Crippen molar-refractivity contribution in [3.63, 3.8) is 0 Å². The number of hydrogen-bond acceptors (Lipinski definition) is 6. The van der Waals surface area contributed by atoms with E-state index in [1.54, 1.807) is 49.4 Å². The minimum Gasteiger partial charge on any atom is -0.487 e. The van der Waals surface area contributed by atoms with Crippen molar-refractivity contribution in [2.75, 3.05) is 0 Å². The molecule has 10 heteroatoms. The van der Waals surface area contributed by atoms with Crippen molar-refractivity contribution < 1.29 is 23.0 Å². The molecule has 0 spiro atoms. The standard InChI is InChI=1S/C25H17F3N4O2.C6H4.ClH/c1-3-16-9-4-5-11-18(16)22-30-23(32-24(33)31-22)21-19(25(26,27)28)12-7-13-20(21)34-14-17-10-6-8-15(2)29-17;1-2-6-4-3-5(1)6;/h1,4-13H,14H2,2H3,(H,30,31,32,33);1-4H;1H. The monoisotopic (exact) mass is 574 g/mol. The highest BCUT2D eigenvalue weighted by Gasteiger charge is 2.36. The van der Waals surface area contributed by atoms with Crippen LogP contribution in [0.4, 0.5) is 13.2 Å². The maximum absolute atomic E-state index is 13.9. The fourth-order valence-corrected chi connectivity index (χ4v) is 4.01. The Hall–Kier alpha value is -4.94. The maximum atomic E-state index is 13.9. The van der Waals surface area contributed by atoms with E-state index in [1.165, 1.54) is 23.3 Å². The smallest absolute Gasteiger partial charge is 0.417 e. The Kier molecular flexibility index (Phi) is 8.55. The maximum Gasteiger partial charge on any atom is 0.417 e. The van der Waals surface area contributed by atoms with Gasteiger partial charge in [0, 0.05) is 16.8 Å². The number of nitrogens with zero attached hydrogens (tertiary/aromatic N) is 4. The number of fused-ring (bicyclic) bond motifs is 1. The molecule has 1 N–H and O–H groups in total. The van der Waals surface area contributed by atoms with Gasteiger partial charge in [0.2, 0.25) is 0 Å². The summed E-state index contributed by atoms with van der Waals surface area (Å²) in [5.41, 5.74) is 3.44. The number of aromatic hydroxyl groups is 1. The molecule has 2 aliphatic rings. The average molecular weight is 575 g/mol. The first kappa shape index (κ1) is 29.1. The van der Waals surface area contributed by atoms with Crippen molar-refractivity contribution in [1.82, 2.24) is 19.9 Å². The molecule has 6 nitrogen and oxygen atoms in total. The number of pyridine rings is 1. The van der Waals surface area contributed by atoms with Crippen molar-refractivity contribution in [2.45, 2.75) is 19.7 Å². The van der Waals surface area contributed by atoms with E-state index in [1.807, 2.05) is 0 Å². The van der Waals surface area contributed by atoms with Crippen LogP contribution in [-0.4, -0.2) is 25.0 Å². The number of benzene rings is 3. The topological polar surface area (TPSA) is 81.0 Å². The van der Waals surface area contributed by atoms with E-state index < -0.39 is 29.1 Å². The van der Waals surface area contributed by atoms with Gasteiger partial charge in [0.25, 0.3) is 0 Å². The average Bonchev–Trinajstić information content (AvgIpc) is 2.93. The van der Waals surface area contributed by atoms with Gasteiger partial charge in [-0.2, -0.15) is 23.1 Å². The molecule has 0 bridgehead atoms. The molecule has 0 amide bonds. The first-order chi connectivity index (χ1) is 19.2. The minimum atomic E-state index is -4.74. The number of terminal acetylenes is 1. The van der Waals surface area contributed by atoms with Crippen LogP contribution in [0, 0.1) is 19.3 Å². The molecule has 0 aliphatic heterocycles. The van der Waals surface area contributed by atoms with Gasteiger partial charge in [0.1, 0.15) is 12.4 Å². The number of ether oxygens (including phenoxy) is 1. The number of hydrogen-bond donors (Lipinski definition) is 1. The van der Waals surface area contributed by atoms with E-state index in [2.05, 4.69) is 50.1 Å². The van der Waals surface area contributed by atoms with Gasteiger partial charge in [-0.25, -0.2) is 4.98 Å². The van der Waals surface area contributed by atoms with Crippen LogP contribution in [0.1, 0.15) is 22.5 Å². The third-order valence-electron chi connectivity index (χ3n) is 6.04. The van der Waals surface area contributed by atoms with Crippen LogP contribution in [0.5, 0.6) is 11.8 Å². The number of alkyl halides is 3. The molecule has 0 atom stereocenters. The van der Waals surface area contributed by atoms with Crippen molar-refractivity contribution in [1.29, 1.82) is 0 Å². The fourth-order valence-electron chi connectivity index (χ4n) is 4.01. The summed E-state index contributed by atoms with van der Waals surface area (Å²) in [7, 11) is 0. The summed E-state index contributed by atoms with van der Waals surface area (Å²) in [5.74, 6) is 1.87. The van der Waals surface area contributed by atoms with Crippen molar-refractivity contribution in [2.24, 2.45) is 0 Å². The molecule has 0 radical (unpaired) electrons. The highest BCUT2D eigenvalue weighted by Crippen LogP contribution is 2.42. The van der Waals surface area contributed by atoms with Gasteiger partial charge in [-0.3, -0.25) is 4.98 Å². The Balaban J connectivity index is 0.000000483. The van der Waals surface area contributed by atoms with Crippen LogP contribution >= 0.6 is 12.4 Å². The van der Waals surface area contributed by atoms with Crippen LogP contribution < -0.4 is 4.74 Å². The summed E-state index contributed by atoms with van der Waals surface area (Å²) in [6.45, 7) is 1.71.